The molecule has 0 aliphatic carbocycles. The average molecular weight is 299 g/mol. The molecule has 1 N–H and O–H groups in total. The summed E-state index contributed by atoms with van der Waals surface area (Å²) < 4.78 is 7.18. The van der Waals surface area contributed by atoms with Crippen LogP contribution in [-0.4, -0.2) is 34.9 Å². The maximum Gasteiger partial charge on any atom is 0.251 e. The van der Waals surface area contributed by atoms with E-state index in [4.69, 9.17) is 4.74 Å². The molecule has 1 fully saturated rings. The number of amides is 1. The zero-order chi connectivity index (χ0) is 15.5. The molecule has 3 rings (SSSR count). The highest BCUT2D eigenvalue weighted by molar-refractivity contribution is 5.95. The molecular formula is C17H21N3O2. The molecule has 1 aromatic carbocycles. The van der Waals surface area contributed by atoms with Crippen molar-refractivity contribution in [2.75, 3.05) is 13.2 Å². The Morgan fingerprint density at radius 2 is 2.36 bits per heavy atom. The third-order valence-electron chi connectivity index (χ3n) is 4.10. The average Bonchev–Trinajstić information content (AvgIpc) is 3.16. The van der Waals surface area contributed by atoms with Gasteiger partial charge in [0, 0.05) is 30.5 Å². The molecule has 1 aliphatic heterocycles. The molecule has 0 spiro atoms. The lowest BCUT2D eigenvalue weighted by Gasteiger charge is -2.11. The smallest absolute Gasteiger partial charge is 0.251 e. The summed E-state index contributed by atoms with van der Waals surface area (Å²) >= 11 is 0. The van der Waals surface area contributed by atoms with Gasteiger partial charge in [-0.05, 0) is 30.5 Å². The predicted molar refractivity (Wildman–Crippen MR) is 84.7 cm³/mol. The van der Waals surface area contributed by atoms with Crippen molar-refractivity contribution in [1.82, 2.24) is 15.1 Å². The van der Waals surface area contributed by atoms with Gasteiger partial charge in [-0.25, -0.2) is 0 Å². The summed E-state index contributed by atoms with van der Waals surface area (Å²) in [7, 11) is 1.94. The summed E-state index contributed by atoms with van der Waals surface area (Å²) in [5, 5.41) is 7.34. The van der Waals surface area contributed by atoms with Crippen molar-refractivity contribution >= 4 is 5.91 Å². The highest BCUT2D eigenvalue weighted by atomic mass is 16.5. The number of aryl methyl sites for hydroxylation is 1. The lowest BCUT2D eigenvalue weighted by Crippen LogP contribution is -2.34. The molecule has 2 aromatic rings. The highest BCUT2D eigenvalue weighted by Crippen LogP contribution is 2.24. The Morgan fingerprint density at radius 3 is 3.09 bits per heavy atom. The molecule has 1 aromatic heterocycles. The topological polar surface area (TPSA) is 56.1 Å². The molecule has 0 saturated carbocycles. The van der Waals surface area contributed by atoms with Crippen molar-refractivity contribution in [3.05, 3.63) is 41.7 Å². The van der Waals surface area contributed by atoms with E-state index in [1.54, 1.807) is 0 Å². The Bertz CT molecular complexity index is 672. The number of aromatic nitrogens is 2. The number of ether oxygens (including phenoxy) is 1. The van der Waals surface area contributed by atoms with Crippen LogP contribution in [0.3, 0.4) is 0 Å². The molecule has 1 amide bonds. The molecule has 0 radical (unpaired) electrons. The van der Waals surface area contributed by atoms with Crippen LogP contribution in [0, 0.1) is 0 Å². The Hall–Kier alpha value is -2.14. The third-order valence-corrected chi connectivity index (χ3v) is 4.10. The second-order valence-electron chi connectivity index (χ2n) is 5.60. The van der Waals surface area contributed by atoms with Gasteiger partial charge >= 0.3 is 0 Å². The maximum absolute atomic E-state index is 12.4. The summed E-state index contributed by atoms with van der Waals surface area (Å²) in [4.78, 5) is 12.4. The third kappa shape index (κ3) is 2.90. The molecule has 5 heteroatoms. The van der Waals surface area contributed by atoms with Crippen molar-refractivity contribution < 1.29 is 9.53 Å². The van der Waals surface area contributed by atoms with Gasteiger partial charge in [0.1, 0.15) is 0 Å². The zero-order valence-electron chi connectivity index (χ0n) is 13.0. The number of nitrogens with one attached hydrogen (secondary N) is 1. The monoisotopic (exact) mass is 299 g/mol. The predicted octanol–water partition coefficient (Wildman–Crippen LogP) is 2.17. The van der Waals surface area contributed by atoms with Gasteiger partial charge in [0.05, 0.1) is 18.8 Å². The number of carbonyl (C=O) groups excluding carboxylic acids is 1. The number of hydrogen-bond donors (Lipinski definition) is 1. The van der Waals surface area contributed by atoms with Crippen LogP contribution in [-0.2, 0) is 18.2 Å². The molecule has 5 nitrogen and oxygen atoms in total. The first kappa shape index (κ1) is 14.8. The fourth-order valence-corrected chi connectivity index (χ4v) is 2.87. The Kier molecular flexibility index (Phi) is 4.24. The lowest BCUT2D eigenvalue weighted by molar-refractivity contribution is 0.0930. The zero-order valence-corrected chi connectivity index (χ0v) is 13.0. The van der Waals surface area contributed by atoms with E-state index in [9.17, 15) is 4.79 Å². The van der Waals surface area contributed by atoms with Gasteiger partial charge in [0.25, 0.3) is 5.91 Å². The molecule has 22 heavy (non-hydrogen) atoms. The summed E-state index contributed by atoms with van der Waals surface area (Å²) in [6.07, 6.45) is 3.65. The Balaban J connectivity index is 1.84. The number of hydrogen-bond acceptors (Lipinski definition) is 3. The van der Waals surface area contributed by atoms with Gasteiger partial charge < -0.3 is 10.1 Å². The fraction of sp³-hybridized carbons (Fsp3) is 0.412. The molecule has 0 bridgehead atoms. The Labute approximate surface area is 130 Å². The molecule has 2 heterocycles. The van der Waals surface area contributed by atoms with Crippen molar-refractivity contribution in [3.8, 4) is 11.1 Å². The van der Waals surface area contributed by atoms with Gasteiger partial charge in [0.15, 0.2) is 0 Å². The summed E-state index contributed by atoms with van der Waals surface area (Å²) in [5.74, 6) is -0.0423. The minimum Gasteiger partial charge on any atom is -0.379 e. The van der Waals surface area contributed by atoms with E-state index in [1.807, 2.05) is 42.2 Å². The Morgan fingerprint density at radius 1 is 1.50 bits per heavy atom. The van der Waals surface area contributed by atoms with E-state index < -0.39 is 0 Å². The van der Waals surface area contributed by atoms with Crippen LogP contribution in [0.1, 0.15) is 29.4 Å². The molecule has 1 unspecified atom stereocenters. The van der Waals surface area contributed by atoms with Gasteiger partial charge in [0.2, 0.25) is 0 Å². The molecule has 1 atom stereocenters. The van der Waals surface area contributed by atoms with E-state index in [1.165, 1.54) is 5.69 Å². The summed E-state index contributed by atoms with van der Waals surface area (Å²) in [6, 6.07) is 7.84. The number of rotatable bonds is 4. The van der Waals surface area contributed by atoms with Gasteiger partial charge in [-0.3, -0.25) is 9.48 Å². The standard InChI is InChI=1S/C17H21N3O2/c1-3-16-15(10-18-20(16)2)12-5-4-6-13(9-12)17(21)19-14-7-8-22-11-14/h4-6,9-10,14H,3,7-8,11H2,1-2H3,(H,19,21). The van der Waals surface area contributed by atoms with Crippen LogP contribution in [0.2, 0.25) is 0 Å². The fourth-order valence-electron chi connectivity index (χ4n) is 2.87. The summed E-state index contributed by atoms with van der Waals surface area (Å²) in [5.41, 5.74) is 3.96. The lowest BCUT2D eigenvalue weighted by atomic mass is 10.0. The molecule has 116 valence electrons. The summed E-state index contributed by atoms with van der Waals surface area (Å²) in [6.45, 7) is 3.44. The van der Waals surface area contributed by atoms with E-state index in [-0.39, 0.29) is 11.9 Å². The van der Waals surface area contributed by atoms with Crippen LogP contribution < -0.4 is 5.32 Å². The first-order valence-electron chi connectivity index (χ1n) is 7.69. The van der Waals surface area contributed by atoms with Gasteiger partial charge in [-0.2, -0.15) is 5.10 Å². The van der Waals surface area contributed by atoms with E-state index in [0.717, 1.165) is 30.6 Å². The SMILES string of the molecule is CCc1c(-c2cccc(C(=O)NC3CCOC3)c2)cnn1C. The first-order valence-corrected chi connectivity index (χ1v) is 7.69. The van der Waals surface area contributed by atoms with Crippen LogP contribution in [0.15, 0.2) is 30.5 Å². The van der Waals surface area contributed by atoms with Gasteiger partial charge in [-0.15, -0.1) is 0 Å². The second kappa shape index (κ2) is 6.32. The number of nitrogens with zero attached hydrogens (tertiary/aromatic N) is 2. The van der Waals surface area contributed by atoms with Crippen molar-refractivity contribution in [2.45, 2.75) is 25.8 Å². The minimum atomic E-state index is -0.0423. The first-order chi connectivity index (χ1) is 10.7. The van der Waals surface area contributed by atoms with Crippen molar-refractivity contribution in [2.24, 2.45) is 7.05 Å². The van der Waals surface area contributed by atoms with Crippen LogP contribution in [0.25, 0.3) is 11.1 Å². The van der Waals surface area contributed by atoms with E-state index >= 15 is 0 Å². The van der Waals surface area contributed by atoms with Crippen molar-refractivity contribution in [1.29, 1.82) is 0 Å². The highest BCUT2D eigenvalue weighted by Gasteiger charge is 2.19. The molecular weight excluding hydrogens is 278 g/mol. The largest absolute Gasteiger partial charge is 0.379 e. The molecule has 1 aliphatic rings. The van der Waals surface area contributed by atoms with E-state index in [0.29, 0.717) is 12.2 Å². The molecule has 1 saturated heterocycles. The number of benzene rings is 1. The maximum atomic E-state index is 12.4. The van der Waals surface area contributed by atoms with Crippen LogP contribution in [0.5, 0.6) is 0 Å². The van der Waals surface area contributed by atoms with Crippen LogP contribution in [0.4, 0.5) is 0 Å². The quantitative estimate of drug-likeness (QED) is 0.941. The minimum absolute atomic E-state index is 0.0423. The van der Waals surface area contributed by atoms with E-state index in [2.05, 4.69) is 17.3 Å². The van der Waals surface area contributed by atoms with Gasteiger partial charge in [-0.1, -0.05) is 19.1 Å². The normalized spacial score (nSPS) is 17.6. The van der Waals surface area contributed by atoms with Crippen LogP contribution >= 0.6 is 0 Å². The number of carbonyl (C=O) groups is 1. The van der Waals surface area contributed by atoms with Crippen molar-refractivity contribution in [3.63, 3.8) is 0 Å². The second-order valence-corrected chi connectivity index (χ2v) is 5.60.